The van der Waals surface area contributed by atoms with Gasteiger partial charge < -0.3 is 0 Å². The molecule has 0 aromatic heterocycles. The Hall–Kier alpha value is -2.50. The van der Waals surface area contributed by atoms with Gasteiger partial charge in [-0.25, -0.2) is 0 Å². The normalized spacial score (nSPS) is 15.1. The van der Waals surface area contributed by atoms with E-state index in [0.29, 0.717) is 11.1 Å². The van der Waals surface area contributed by atoms with Crippen LogP contribution in [0.15, 0.2) is 29.8 Å². The molecule has 0 unspecified atom stereocenters. The van der Waals surface area contributed by atoms with Gasteiger partial charge in [-0.1, -0.05) is 0 Å². The molecule has 0 atom stereocenters. The Kier molecular flexibility index (Phi) is 2.47. The molecule has 17 heavy (non-hydrogen) atoms. The summed E-state index contributed by atoms with van der Waals surface area (Å²) in [5.41, 5.74) is 1.03. The van der Waals surface area contributed by atoms with Crippen LogP contribution in [0.2, 0.25) is 0 Å². The minimum absolute atomic E-state index is 0.0586. The second kappa shape index (κ2) is 3.82. The monoisotopic (exact) mass is 232 g/mol. The molecule has 2 amide bonds. The van der Waals surface area contributed by atoms with Gasteiger partial charge in [0, 0.05) is 17.7 Å². The molecule has 86 valence electrons. The number of hydrogen-bond acceptors (Lipinski definition) is 4. The van der Waals surface area contributed by atoms with E-state index in [1.54, 1.807) is 0 Å². The van der Waals surface area contributed by atoms with E-state index in [-0.39, 0.29) is 11.3 Å². The molecule has 0 radical (unpaired) electrons. The lowest BCUT2D eigenvalue weighted by Gasteiger charge is -2.00. The number of nitro benzene ring substituents is 1. The molecule has 0 spiro atoms. The lowest BCUT2D eigenvalue weighted by Crippen LogP contribution is -2.22. The van der Waals surface area contributed by atoms with Gasteiger partial charge in [-0.15, -0.1) is 0 Å². The highest BCUT2D eigenvalue weighted by molar-refractivity contribution is 6.35. The van der Waals surface area contributed by atoms with Crippen LogP contribution in [0.5, 0.6) is 0 Å². The summed E-state index contributed by atoms with van der Waals surface area (Å²) in [7, 11) is 0. The van der Waals surface area contributed by atoms with E-state index >= 15 is 0 Å². The zero-order valence-electron chi connectivity index (χ0n) is 8.89. The van der Waals surface area contributed by atoms with Crippen LogP contribution >= 0.6 is 0 Å². The summed E-state index contributed by atoms with van der Waals surface area (Å²) in [5.74, 6) is -0.898. The van der Waals surface area contributed by atoms with E-state index in [0.717, 1.165) is 0 Å². The van der Waals surface area contributed by atoms with E-state index in [4.69, 9.17) is 0 Å². The van der Waals surface area contributed by atoms with Crippen molar-refractivity contribution >= 4 is 23.1 Å². The van der Waals surface area contributed by atoms with Crippen molar-refractivity contribution in [1.82, 2.24) is 5.32 Å². The molecular formula is C11H8N2O4. The highest BCUT2D eigenvalue weighted by atomic mass is 16.6. The molecule has 0 aliphatic carbocycles. The first kappa shape index (κ1) is 11.0. The van der Waals surface area contributed by atoms with Crippen LogP contribution in [0.25, 0.3) is 5.57 Å². The van der Waals surface area contributed by atoms with Crippen LogP contribution < -0.4 is 5.32 Å². The molecule has 1 heterocycles. The van der Waals surface area contributed by atoms with E-state index in [9.17, 15) is 19.7 Å². The van der Waals surface area contributed by atoms with Crippen LogP contribution in [0.4, 0.5) is 5.69 Å². The number of nitrogens with zero attached hydrogens (tertiary/aromatic N) is 1. The molecular weight excluding hydrogens is 224 g/mol. The fourth-order valence-electron chi connectivity index (χ4n) is 1.64. The van der Waals surface area contributed by atoms with Crippen LogP contribution in [0.3, 0.4) is 0 Å². The number of carbonyl (C=O) groups excluding carboxylic acids is 2. The van der Waals surface area contributed by atoms with Gasteiger partial charge in [0.25, 0.3) is 17.5 Å². The number of nitro groups is 1. The topological polar surface area (TPSA) is 89.3 Å². The Morgan fingerprint density at radius 2 is 1.71 bits per heavy atom. The van der Waals surface area contributed by atoms with E-state index in [1.807, 2.05) is 0 Å². The lowest BCUT2D eigenvalue weighted by molar-refractivity contribution is -0.384. The number of hydrogen-bond donors (Lipinski definition) is 1. The number of imide groups is 1. The average Bonchev–Trinajstić information content (AvgIpc) is 2.53. The van der Waals surface area contributed by atoms with Crippen LogP contribution in [-0.4, -0.2) is 16.7 Å². The molecule has 1 aromatic carbocycles. The highest BCUT2D eigenvalue weighted by Crippen LogP contribution is 2.25. The molecule has 1 aromatic rings. The second-order valence-corrected chi connectivity index (χ2v) is 3.59. The number of amides is 2. The summed E-state index contributed by atoms with van der Waals surface area (Å²) in [6.07, 6.45) is 0. The van der Waals surface area contributed by atoms with Gasteiger partial charge in [0.1, 0.15) is 0 Å². The molecule has 6 heteroatoms. The van der Waals surface area contributed by atoms with Crippen LogP contribution in [0.1, 0.15) is 12.5 Å². The minimum atomic E-state index is -0.523. The highest BCUT2D eigenvalue weighted by Gasteiger charge is 2.28. The molecule has 0 bridgehead atoms. The van der Waals surface area contributed by atoms with Gasteiger partial charge in [0.2, 0.25) is 0 Å². The molecule has 1 aliphatic heterocycles. The minimum Gasteiger partial charge on any atom is -0.288 e. The third-order valence-corrected chi connectivity index (χ3v) is 2.54. The van der Waals surface area contributed by atoms with E-state index in [2.05, 4.69) is 5.32 Å². The Labute approximate surface area is 96.1 Å². The predicted molar refractivity (Wildman–Crippen MR) is 58.8 cm³/mol. The molecule has 0 saturated heterocycles. The Morgan fingerprint density at radius 3 is 2.12 bits per heavy atom. The first-order valence-corrected chi connectivity index (χ1v) is 4.82. The van der Waals surface area contributed by atoms with E-state index in [1.165, 1.54) is 31.2 Å². The number of rotatable bonds is 2. The average molecular weight is 232 g/mol. The number of non-ortho nitro benzene ring substituents is 1. The van der Waals surface area contributed by atoms with Crippen molar-refractivity contribution in [3.8, 4) is 0 Å². The maximum atomic E-state index is 11.5. The molecule has 6 nitrogen and oxygen atoms in total. The molecule has 1 N–H and O–H groups in total. The molecule has 0 saturated carbocycles. The first-order valence-electron chi connectivity index (χ1n) is 4.82. The van der Waals surface area contributed by atoms with Crippen molar-refractivity contribution in [3.05, 3.63) is 45.5 Å². The van der Waals surface area contributed by atoms with Crippen molar-refractivity contribution in [2.45, 2.75) is 6.92 Å². The smallest absolute Gasteiger partial charge is 0.269 e. The van der Waals surface area contributed by atoms with Crippen molar-refractivity contribution in [2.75, 3.05) is 0 Å². The van der Waals surface area contributed by atoms with Gasteiger partial charge in [0.05, 0.1) is 10.5 Å². The predicted octanol–water partition coefficient (Wildman–Crippen LogP) is 1.02. The van der Waals surface area contributed by atoms with Crippen LogP contribution in [-0.2, 0) is 9.59 Å². The Balaban J connectivity index is 2.45. The lowest BCUT2D eigenvalue weighted by atomic mass is 10.0. The van der Waals surface area contributed by atoms with Gasteiger partial charge in [-0.2, -0.15) is 0 Å². The van der Waals surface area contributed by atoms with Crippen molar-refractivity contribution in [3.63, 3.8) is 0 Å². The van der Waals surface area contributed by atoms with Gasteiger partial charge in [-0.3, -0.25) is 25.0 Å². The summed E-state index contributed by atoms with van der Waals surface area (Å²) in [6.45, 7) is 1.54. The first-order chi connectivity index (χ1) is 8.00. The summed E-state index contributed by atoms with van der Waals surface area (Å²) in [6, 6.07) is 5.50. The molecule has 1 aliphatic rings. The second-order valence-electron chi connectivity index (χ2n) is 3.59. The van der Waals surface area contributed by atoms with Gasteiger partial charge >= 0.3 is 0 Å². The summed E-state index contributed by atoms with van der Waals surface area (Å²) in [4.78, 5) is 32.7. The maximum Gasteiger partial charge on any atom is 0.269 e. The van der Waals surface area contributed by atoms with Crippen molar-refractivity contribution in [2.24, 2.45) is 0 Å². The standard InChI is InChI=1S/C11H8N2O4/c1-6-9(11(15)12-10(6)14)7-2-4-8(5-3-7)13(16)17/h2-5H,1H3,(H,12,14,15). The quantitative estimate of drug-likeness (QED) is 0.468. The fourth-order valence-corrected chi connectivity index (χ4v) is 1.64. The molecule has 2 rings (SSSR count). The van der Waals surface area contributed by atoms with Gasteiger partial charge in [-0.05, 0) is 24.6 Å². The van der Waals surface area contributed by atoms with Gasteiger partial charge in [0.15, 0.2) is 0 Å². The van der Waals surface area contributed by atoms with Crippen molar-refractivity contribution < 1.29 is 14.5 Å². The number of nitrogens with one attached hydrogen (secondary N) is 1. The third kappa shape index (κ3) is 1.80. The zero-order valence-corrected chi connectivity index (χ0v) is 8.89. The Morgan fingerprint density at radius 1 is 1.12 bits per heavy atom. The summed E-state index contributed by atoms with van der Waals surface area (Å²) >= 11 is 0. The summed E-state index contributed by atoms with van der Waals surface area (Å²) < 4.78 is 0. The SMILES string of the molecule is CC1=C(c2ccc([N+](=O)[O-])cc2)C(=O)NC1=O. The third-order valence-electron chi connectivity index (χ3n) is 2.54. The Bertz CT molecular complexity index is 557. The maximum absolute atomic E-state index is 11.5. The van der Waals surface area contributed by atoms with E-state index < -0.39 is 16.7 Å². The summed E-state index contributed by atoms with van der Waals surface area (Å²) in [5, 5.41) is 12.6. The van der Waals surface area contributed by atoms with Crippen LogP contribution in [0, 0.1) is 10.1 Å². The van der Waals surface area contributed by atoms with Crippen molar-refractivity contribution in [1.29, 1.82) is 0 Å². The number of carbonyl (C=O) groups is 2. The molecule has 0 fully saturated rings. The largest absolute Gasteiger partial charge is 0.288 e. The zero-order chi connectivity index (χ0) is 12.6. The number of benzene rings is 1. The fraction of sp³-hybridized carbons (Fsp3) is 0.0909.